The van der Waals surface area contributed by atoms with E-state index in [2.05, 4.69) is 12.2 Å². The quantitative estimate of drug-likeness (QED) is 0.551. The zero-order valence-electron chi connectivity index (χ0n) is 10.7. The summed E-state index contributed by atoms with van der Waals surface area (Å²) in [4.78, 5) is 23.5. The summed E-state index contributed by atoms with van der Waals surface area (Å²) in [5.41, 5.74) is -0.0280. The fraction of sp³-hybridized carbons (Fsp3) is 0.692. The van der Waals surface area contributed by atoms with Gasteiger partial charge in [-0.05, 0) is 12.3 Å². The predicted octanol–water partition coefficient (Wildman–Crippen LogP) is 2.10. The summed E-state index contributed by atoms with van der Waals surface area (Å²) in [5.74, 6) is -0.661. The first kappa shape index (κ1) is 13.7. The van der Waals surface area contributed by atoms with Crippen LogP contribution in [0.15, 0.2) is 11.3 Å². The highest BCUT2D eigenvalue weighted by Gasteiger charge is 2.36. The zero-order valence-corrected chi connectivity index (χ0v) is 10.7. The van der Waals surface area contributed by atoms with Crippen molar-refractivity contribution in [2.75, 3.05) is 0 Å². The fourth-order valence-electron chi connectivity index (χ4n) is 1.97. The molecule has 0 aliphatic carbocycles. The Bertz CT molecular complexity index is 345. The Morgan fingerprint density at radius 1 is 1.41 bits per heavy atom. The lowest BCUT2D eigenvalue weighted by Gasteiger charge is -2.14. The van der Waals surface area contributed by atoms with Gasteiger partial charge in [-0.2, -0.15) is 0 Å². The van der Waals surface area contributed by atoms with Gasteiger partial charge in [-0.15, -0.1) is 0 Å². The number of nitrogens with one attached hydrogen (secondary N) is 1. The number of amides is 1. The lowest BCUT2D eigenvalue weighted by molar-refractivity contribution is -0.122. The largest absolute Gasteiger partial charge is 0.509 e. The number of ketones is 1. The fourth-order valence-corrected chi connectivity index (χ4v) is 1.97. The normalized spacial score (nSPS) is 20.0. The molecule has 1 atom stereocenters. The van der Waals surface area contributed by atoms with E-state index in [1.807, 2.05) is 13.8 Å². The Morgan fingerprint density at radius 3 is 2.53 bits per heavy atom. The third-order valence-electron chi connectivity index (χ3n) is 3.02. The maximum absolute atomic E-state index is 11.8. The van der Waals surface area contributed by atoms with Crippen LogP contribution in [-0.2, 0) is 9.59 Å². The summed E-state index contributed by atoms with van der Waals surface area (Å²) in [6.45, 7) is 5.84. The summed E-state index contributed by atoms with van der Waals surface area (Å²) >= 11 is 0. The lowest BCUT2D eigenvalue weighted by Crippen LogP contribution is -2.33. The Balaban J connectivity index is 2.74. The first-order chi connectivity index (χ1) is 7.99. The molecule has 0 spiro atoms. The van der Waals surface area contributed by atoms with E-state index in [9.17, 15) is 14.7 Å². The van der Waals surface area contributed by atoms with Crippen LogP contribution in [0.2, 0.25) is 0 Å². The highest BCUT2D eigenvalue weighted by molar-refractivity contribution is 6.21. The summed E-state index contributed by atoms with van der Waals surface area (Å²) < 4.78 is 0. The first-order valence-corrected chi connectivity index (χ1v) is 6.26. The van der Waals surface area contributed by atoms with Gasteiger partial charge in [0.2, 0.25) is 0 Å². The second-order valence-corrected chi connectivity index (χ2v) is 4.84. The van der Waals surface area contributed by atoms with Crippen molar-refractivity contribution in [3.8, 4) is 0 Å². The van der Waals surface area contributed by atoms with E-state index in [-0.39, 0.29) is 23.0 Å². The smallest absolute Gasteiger partial charge is 0.259 e. The molecule has 96 valence electrons. The number of aliphatic hydroxyl groups is 1. The van der Waals surface area contributed by atoms with Gasteiger partial charge in [0.1, 0.15) is 11.3 Å². The number of aliphatic hydroxyl groups excluding tert-OH is 1. The summed E-state index contributed by atoms with van der Waals surface area (Å²) in [5, 5.41) is 12.5. The minimum Gasteiger partial charge on any atom is -0.509 e. The van der Waals surface area contributed by atoms with E-state index in [1.54, 1.807) is 0 Å². The predicted molar refractivity (Wildman–Crippen MR) is 65.6 cm³/mol. The third kappa shape index (κ3) is 3.08. The number of rotatable bonds is 6. The summed E-state index contributed by atoms with van der Waals surface area (Å²) in [6.07, 6.45) is 3.10. The van der Waals surface area contributed by atoms with E-state index in [1.165, 1.54) is 0 Å². The van der Waals surface area contributed by atoms with E-state index < -0.39 is 11.9 Å². The van der Waals surface area contributed by atoms with Crippen LogP contribution >= 0.6 is 0 Å². The molecule has 4 nitrogen and oxygen atoms in total. The van der Waals surface area contributed by atoms with Crippen molar-refractivity contribution < 1.29 is 14.7 Å². The second kappa shape index (κ2) is 5.84. The maximum atomic E-state index is 11.8. The molecule has 4 heteroatoms. The molecular weight excluding hydrogens is 218 g/mol. The van der Waals surface area contributed by atoms with Crippen LogP contribution in [0, 0.1) is 5.92 Å². The van der Waals surface area contributed by atoms with Crippen molar-refractivity contribution in [1.29, 1.82) is 0 Å². The molecule has 2 N–H and O–H groups in total. The molecule has 17 heavy (non-hydrogen) atoms. The van der Waals surface area contributed by atoms with Crippen molar-refractivity contribution in [1.82, 2.24) is 5.32 Å². The van der Waals surface area contributed by atoms with Gasteiger partial charge in [-0.25, -0.2) is 0 Å². The number of hydrogen-bond acceptors (Lipinski definition) is 3. The maximum Gasteiger partial charge on any atom is 0.259 e. The number of carbonyl (C=O) groups excluding carboxylic acids is 2. The molecule has 0 aromatic carbocycles. The minimum absolute atomic E-state index is 0.0280. The molecule has 1 unspecified atom stereocenters. The molecule has 0 aromatic rings. The van der Waals surface area contributed by atoms with Gasteiger partial charge >= 0.3 is 0 Å². The number of hydrogen-bond donors (Lipinski definition) is 2. The summed E-state index contributed by atoms with van der Waals surface area (Å²) in [7, 11) is 0. The molecule has 1 amide bonds. The highest BCUT2D eigenvalue weighted by atomic mass is 16.3. The second-order valence-electron chi connectivity index (χ2n) is 4.84. The Hall–Kier alpha value is -1.32. The van der Waals surface area contributed by atoms with E-state index in [0.717, 1.165) is 19.3 Å². The van der Waals surface area contributed by atoms with Crippen LogP contribution in [0.25, 0.3) is 0 Å². The van der Waals surface area contributed by atoms with E-state index >= 15 is 0 Å². The Labute approximate surface area is 102 Å². The van der Waals surface area contributed by atoms with Gasteiger partial charge in [0.25, 0.3) is 5.91 Å². The number of carbonyl (C=O) groups is 2. The van der Waals surface area contributed by atoms with Crippen LogP contribution in [0.1, 0.15) is 46.5 Å². The van der Waals surface area contributed by atoms with Crippen LogP contribution < -0.4 is 5.32 Å². The molecule has 1 heterocycles. The monoisotopic (exact) mass is 239 g/mol. The molecule has 0 saturated heterocycles. The van der Waals surface area contributed by atoms with Crippen LogP contribution in [0.4, 0.5) is 0 Å². The summed E-state index contributed by atoms with van der Waals surface area (Å²) in [6, 6.07) is -0.410. The van der Waals surface area contributed by atoms with Crippen molar-refractivity contribution in [2.24, 2.45) is 5.92 Å². The van der Waals surface area contributed by atoms with Crippen molar-refractivity contribution >= 4 is 11.7 Å². The van der Waals surface area contributed by atoms with Crippen LogP contribution in [0.3, 0.4) is 0 Å². The molecule has 1 aliphatic rings. The Morgan fingerprint density at radius 2 is 2.06 bits per heavy atom. The molecule has 0 radical (unpaired) electrons. The SMILES string of the molecule is CCCCCC(=O)C1=C(O)C(C(C)C)NC1=O. The molecule has 1 rings (SSSR count). The molecular formula is C13H21NO3. The molecule has 0 fully saturated rings. The lowest BCUT2D eigenvalue weighted by atomic mass is 10.00. The minimum atomic E-state index is -0.428. The average molecular weight is 239 g/mol. The van der Waals surface area contributed by atoms with Gasteiger partial charge < -0.3 is 10.4 Å². The number of Topliss-reactive ketones (excluding diaryl/α,β-unsaturated/α-hetero) is 1. The third-order valence-corrected chi connectivity index (χ3v) is 3.02. The van der Waals surface area contributed by atoms with Gasteiger partial charge in [0, 0.05) is 6.42 Å². The topological polar surface area (TPSA) is 66.4 Å². The van der Waals surface area contributed by atoms with E-state index in [0.29, 0.717) is 6.42 Å². The van der Waals surface area contributed by atoms with Crippen molar-refractivity contribution in [2.45, 2.75) is 52.5 Å². The molecule has 1 aliphatic heterocycles. The van der Waals surface area contributed by atoms with Gasteiger partial charge in [-0.3, -0.25) is 9.59 Å². The molecule has 0 aromatic heterocycles. The van der Waals surface area contributed by atoms with Gasteiger partial charge in [0.15, 0.2) is 5.78 Å². The van der Waals surface area contributed by atoms with Crippen LogP contribution in [0.5, 0.6) is 0 Å². The standard InChI is InChI=1S/C13H21NO3/c1-4-5-6-7-9(15)10-12(16)11(8(2)3)14-13(10)17/h8,11,16H,4-7H2,1-3H3,(H,14,17). The van der Waals surface area contributed by atoms with Gasteiger partial charge in [0.05, 0.1) is 6.04 Å². The zero-order chi connectivity index (χ0) is 13.0. The van der Waals surface area contributed by atoms with E-state index in [4.69, 9.17) is 0 Å². The van der Waals surface area contributed by atoms with Crippen LogP contribution in [-0.4, -0.2) is 22.8 Å². The van der Waals surface area contributed by atoms with Crippen molar-refractivity contribution in [3.05, 3.63) is 11.3 Å². The average Bonchev–Trinajstić information content (AvgIpc) is 2.54. The van der Waals surface area contributed by atoms with Gasteiger partial charge in [-0.1, -0.05) is 33.6 Å². The molecule has 0 bridgehead atoms. The Kier molecular flexibility index (Phi) is 4.73. The highest BCUT2D eigenvalue weighted by Crippen LogP contribution is 2.22. The number of unbranched alkanes of at least 4 members (excludes halogenated alkanes) is 2. The first-order valence-electron chi connectivity index (χ1n) is 6.26. The molecule has 0 saturated carbocycles. The van der Waals surface area contributed by atoms with Crippen molar-refractivity contribution in [3.63, 3.8) is 0 Å².